The van der Waals surface area contributed by atoms with E-state index in [0.29, 0.717) is 19.6 Å². The van der Waals surface area contributed by atoms with E-state index in [1.54, 1.807) is 12.0 Å². The minimum absolute atomic E-state index is 0.0372. The number of amides is 2. The van der Waals surface area contributed by atoms with Gasteiger partial charge < -0.3 is 15.0 Å². The van der Waals surface area contributed by atoms with Gasteiger partial charge in [0.2, 0.25) is 11.8 Å². The lowest BCUT2D eigenvalue weighted by atomic mass is 10.1. The zero-order chi connectivity index (χ0) is 18.5. The molecule has 1 heterocycles. The van der Waals surface area contributed by atoms with Crippen LogP contribution in [0.5, 0.6) is 5.75 Å². The average Bonchev–Trinajstić information content (AvgIpc) is 3.02. The van der Waals surface area contributed by atoms with Crippen molar-refractivity contribution in [3.05, 3.63) is 65.2 Å². The molecule has 1 N–H and O–H groups in total. The van der Waals surface area contributed by atoms with Crippen LogP contribution < -0.4 is 10.1 Å². The molecular weight excluding hydrogens is 328 g/mol. The summed E-state index contributed by atoms with van der Waals surface area (Å²) >= 11 is 0. The third kappa shape index (κ3) is 4.42. The maximum absolute atomic E-state index is 12.4. The number of benzene rings is 2. The van der Waals surface area contributed by atoms with Gasteiger partial charge in [0.05, 0.1) is 13.0 Å². The summed E-state index contributed by atoms with van der Waals surface area (Å²) < 4.78 is 5.12. The number of carbonyl (C=O) groups excluding carboxylic acids is 2. The number of ether oxygens (including phenoxy) is 1. The number of carbonyl (C=O) groups is 2. The van der Waals surface area contributed by atoms with Crippen molar-refractivity contribution in [1.82, 2.24) is 10.2 Å². The van der Waals surface area contributed by atoms with Crippen molar-refractivity contribution in [2.75, 3.05) is 13.7 Å². The van der Waals surface area contributed by atoms with Gasteiger partial charge in [-0.25, -0.2) is 0 Å². The first-order valence-electron chi connectivity index (χ1n) is 8.79. The number of aryl methyl sites for hydroxylation is 1. The van der Waals surface area contributed by atoms with Gasteiger partial charge in [0.1, 0.15) is 5.75 Å². The quantitative estimate of drug-likeness (QED) is 0.870. The van der Waals surface area contributed by atoms with Crippen molar-refractivity contribution < 1.29 is 14.3 Å². The molecule has 26 heavy (non-hydrogen) atoms. The molecule has 5 heteroatoms. The van der Waals surface area contributed by atoms with E-state index in [1.807, 2.05) is 55.5 Å². The van der Waals surface area contributed by atoms with Crippen LogP contribution in [0.15, 0.2) is 48.5 Å². The molecule has 2 amide bonds. The van der Waals surface area contributed by atoms with Gasteiger partial charge in [-0.2, -0.15) is 0 Å². The summed E-state index contributed by atoms with van der Waals surface area (Å²) in [6.07, 6.45) is 0.278. The fraction of sp³-hybridized carbons (Fsp3) is 0.333. The first-order chi connectivity index (χ1) is 12.5. The molecule has 0 bridgehead atoms. The highest BCUT2D eigenvalue weighted by Gasteiger charge is 2.34. The topological polar surface area (TPSA) is 58.6 Å². The molecule has 1 saturated heterocycles. The van der Waals surface area contributed by atoms with Crippen LogP contribution in [-0.2, 0) is 22.7 Å². The first-order valence-corrected chi connectivity index (χ1v) is 8.79. The maximum atomic E-state index is 12.4. The highest BCUT2D eigenvalue weighted by Crippen LogP contribution is 2.21. The van der Waals surface area contributed by atoms with E-state index in [9.17, 15) is 9.59 Å². The Kier molecular flexibility index (Phi) is 5.56. The fourth-order valence-corrected chi connectivity index (χ4v) is 3.09. The minimum atomic E-state index is -0.286. The highest BCUT2D eigenvalue weighted by molar-refractivity contribution is 5.89. The molecular formula is C21H24N2O3. The van der Waals surface area contributed by atoms with Crippen LogP contribution in [0.4, 0.5) is 0 Å². The number of likely N-dealkylation sites (tertiary alicyclic amines) is 1. The van der Waals surface area contributed by atoms with Crippen LogP contribution in [0.1, 0.15) is 23.1 Å². The molecule has 3 rings (SSSR count). The Labute approximate surface area is 154 Å². The van der Waals surface area contributed by atoms with Gasteiger partial charge in [-0.1, -0.05) is 42.0 Å². The predicted molar refractivity (Wildman–Crippen MR) is 99.5 cm³/mol. The summed E-state index contributed by atoms with van der Waals surface area (Å²) in [5.41, 5.74) is 3.28. The van der Waals surface area contributed by atoms with Crippen molar-refractivity contribution in [2.45, 2.75) is 26.4 Å². The van der Waals surface area contributed by atoms with Gasteiger partial charge in [-0.3, -0.25) is 9.59 Å². The van der Waals surface area contributed by atoms with Crippen molar-refractivity contribution in [1.29, 1.82) is 0 Å². The zero-order valence-electron chi connectivity index (χ0n) is 15.2. The molecule has 2 aromatic carbocycles. The number of hydrogen-bond acceptors (Lipinski definition) is 3. The summed E-state index contributed by atoms with van der Waals surface area (Å²) in [5, 5.41) is 2.93. The SMILES string of the molecule is COc1ccc(CNC(=O)[C@H]2CC(=O)N(Cc3ccc(C)cc3)C2)cc1. The van der Waals surface area contributed by atoms with Gasteiger partial charge in [-0.05, 0) is 30.2 Å². The summed E-state index contributed by atoms with van der Waals surface area (Å²) in [7, 11) is 1.62. The summed E-state index contributed by atoms with van der Waals surface area (Å²) in [5.74, 6) is 0.468. The Bertz CT molecular complexity index is 769. The fourth-order valence-electron chi connectivity index (χ4n) is 3.09. The molecule has 0 aromatic heterocycles. The lowest BCUT2D eigenvalue weighted by molar-refractivity contribution is -0.129. The molecule has 0 unspecified atom stereocenters. The number of nitrogens with one attached hydrogen (secondary N) is 1. The van der Waals surface area contributed by atoms with E-state index in [1.165, 1.54) is 5.56 Å². The summed E-state index contributed by atoms with van der Waals surface area (Å²) in [4.78, 5) is 26.4. The number of rotatable bonds is 6. The van der Waals surface area contributed by atoms with Gasteiger partial charge >= 0.3 is 0 Å². The molecule has 136 valence electrons. The number of nitrogens with zero attached hydrogens (tertiary/aromatic N) is 1. The number of hydrogen-bond donors (Lipinski definition) is 1. The van der Waals surface area contributed by atoms with Crippen molar-refractivity contribution in [3.63, 3.8) is 0 Å². The zero-order valence-corrected chi connectivity index (χ0v) is 15.2. The molecule has 1 fully saturated rings. The average molecular weight is 352 g/mol. The molecule has 0 spiro atoms. The van der Waals surface area contributed by atoms with E-state index < -0.39 is 0 Å². The van der Waals surface area contributed by atoms with E-state index in [-0.39, 0.29) is 24.2 Å². The van der Waals surface area contributed by atoms with Crippen LogP contribution in [0.25, 0.3) is 0 Å². The van der Waals surface area contributed by atoms with Crippen LogP contribution in [-0.4, -0.2) is 30.4 Å². The largest absolute Gasteiger partial charge is 0.497 e. The molecule has 2 aromatic rings. The van der Waals surface area contributed by atoms with Gasteiger partial charge in [0, 0.05) is 26.1 Å². The van der Waals surface area contributed by atoms with Crippen molar-refractivity contribution in [3.8, 4) is 5.75 Å². The van der Waals surface area contributed by atoms with Crippen molar-refractivity contribution in [2.24, 2.45) is 5.92 Å². The lowest BCUT2D eigenvalue weighted by Crippen LogP contribution is -2.32. The Hall–Kier alpha value is -2.82. The van der Waals surface area contributed by atoms with E-state index in [0.717, 1.165) is 16.9 Å². The second-order valence-electron chi connectivity index (χ2n) is 6.73. The Morgan fingerprint density at radius 2 is 1.77 bits per heavy atom. The Morgan fingerprint density at radius 1 is 1.12 bits per heavy atom. The maximum Gasteiger partial charge on any atom is 0.225 e. The Morgan fingerprint density at radius 3 is 2.42 bits per heavy atom. The molecule has 5 nitrogen and oxygen atoms in total. The van der Waals surface area contributed by atoms with Gasteiger partial charge in [0.25, 0.3) is 0 Å². The standard InChI is InChI=1S/C21H24N2O3/c1-15-3-5-17(6-4-15)13-23-14-18(11-20(23)24)21(25)22-12-16-7-9-19(26-2)10-8-16/h3-10,18H,11-14H2,1-2H3,(H,22,25)/t18-/m0/s1. The first kappa shape index (κ1) is 18.0. The lowest BCUT2D eigenvalue weighted by Gasteiger charge is -2.17. The van der Waals surface area contributed by atoms with Gasteiger partial charge in [-0.15, -0.1) is 0 Å². The molecule has 1 aliphatic heterocycles. The third-order valence-electron chi connectivity index (χ3n) is 4.71. The molecule has 0 aliphatic carbocycles. The molecule has 0 saturated carbocycles. The van der Waals surface area contributed by atoms with Crippen LogP contribution in [0, 0.1) is 12.8 Å². The van der Waals surface area contributed by atoms with Crippen molar-refractivity contribution >= 4 is 11.8 Å². The van der Waals surface area contributed by atoms with E-state index >= 15 is 0 Å². The van der Waals surface area contributed by atoms with Crippen LogP contribution in [0.3, 0.4) is 0 Å². The Balaban J connectivity index is 1.52. The third-order valence-corrected chi connectivity index (χ3v) is 4.71. The van der Waals surface area contributed by atoms with Gasteiger partial charge in [0.15, 0.2) is 0 Å². The predicted octanol–water partition coefficient (Wildman–Crippen LogP) is 2.67. The second-order valence-corrected chi connectivity index (χ2v) is 6.73. The van der Waals surface area contributed by atoms with Crippen LogP contribution >= 0.6 is 0 Å². The smallest absolute Gasteiger partial charge is 0.225 e. The monoisotopic (exact) mass is 352 g/mol. The molecule has 0 radical (unpaired) electrons. The van der Waals surface area contributed by atoms with Crippen LogP contribution in [0.2, 0.25) is 0 Å². The summed E-state index contributed by atoms with van der Waals surface area (Å²) in [6, 6.07) is 15.7. The van der Waals surface area contributed by atoms with E-state index in [4.69, 9.17) is 4.74 Å². The minimum Gasteiger partial charge on any atom is -0.497 e. The molecule has 1 aliphatic rings. The summed E-state index contributed by atoms with van der Waals surface area (Å²) in [6.45, 7) is 3.52. The number of methoxy groups -OCH3 is 1. The highest BCUT2D eigenvalue weighted by atomic mass is 16.5. The molecule has 1 atom stereocenters. The van der Waals surface area contributed by atoms with E-state index in [2.05, 4.69) is 5.32 Å². The normalized spacial score (nSPS) is 16.6. The second kappa shape index (κ2) is 8.04.